The third-order valence-corrected chi connectivity index (χ3v) is 6.15. The summed E-state index contributed by atoms with van der Waals surface area (Å²) in [6, 6.07) is 11.8. The second-order valence-corrected chi connectivity index (χ2v) is 8.94. The van der Waals surface area contributed by atoms with E-state index in [0.717, 1.165) is 17.7 Å². The van der Waals surface area contributed by atoms with Crippen molar-refractivity contribution in [1.82, 2.24) is 14.9 Å². The third kappa shape index (κ3) is 6.15. The van der Waals surface area contributed by atoms with Crippen molar-refractivity contribution < 1.29 is 28.2 Å². The van der Waals surface area contributed by atoms with E-state index in [1.807, 2.05) is 11.5 Å². The smallest absolute Gasteiger partial charge is 0.308 e. The number of halogens is 2. The molecular weight excluding hydrogens is 468 g/mol. The summed E-state index contributed by atoms with van der Waals surface area (Å²) in [6.07, 6.45) is 0.904. The number of carbonyl (C=O) groups excluding carboxylic acids is 2. The summed E-state index contributed by atoms with van der Waals surface area (Å²) in [5.41, 5.74) is 2.37. The normalized spacial score (nSPS) is 17.6. The molecule has 4 rings (SSSR count). The Hall–Kier alpha value is -3.59. The van der Waals surface area contributed by atoms with E-state index in [4.69, 9.17) is 4.74 Å². The van der Waals surface area contributed by atoms with E-state index in [9.17, 15) is 23.5 Å². The highest BCUT2D eigenvalue weighted by Crippen LogP contribution is 2.27. The zero-order valence-electron chi connectivity index (χ0n) is 20.0. The summed E-state index contributed by atoms with van der Waals surface area (Å²) >= 11 is 0. The van der Waals surface area contributed by atoms with Gasteiger partial charge in [-0.1, -0.05) is 25.5 Å². The lowest BCUT2D eigenvalue weighted by atomic mass is 10.0. The van der Waals surface area contributed by atoms with Gasteiger partial charge in [-0.15, -0.1) is 0 Å². The quantitative estimate of drug-likeness (QED) is 0.433. The summed E-state index contributed by atoms with van der Waals surface area (Å²) in [4.78, 5) is 29.6. The number of cyclic esters (lactones) is 1. The molecule has 36 heavy (non-hydrogen) atoms. The van der Waals surface area contributed by atoms with Gasteiger partial charge in [-0.3, -0.25) is 9.59 Å². The van der Waals surface area contributed by atoms with Crippen LogP contribution in [0.25, 0.3) is 11.4 Å². The van der Waals surface area contributed by atoms with Crippen LogP contribution in [0.15, 0.2) is 48.5 Å². The van der Waals surface area contributed by atoms with Crippen LogP contribution >= 0.6 is 0 Å². The Balaban J connectivity index is 1.63. The van der Waals surface area contributed by atoms with Gasteiger partial charge in [-0.2, -0.15) is 0 Å². The number of ether oxygens (including phenoxy) is 1. The summed E-state index contributed by atoms with van der Waals surface area (Å²) in [7, 11) is 0. The Morgan fingerprint density at radius 3 is 2.44 bits per heavy atom. The number of hydrogen-bond donors (Lipinski definition) is 2. The monoisotopic (exact) mass is 497 g/mol. The largest absolute Gasteiger partial charge is 0.462 e. The molecule has 1 aliphatic heterocycles. The van der Waals surface area contributed by atoms with Gasteiger partial charge >= 0.3 is 5.97 Å². The molecule has 3 aromatic rings. The number of rotatable bonds is 9. The van der Waals surface area contributed by atoms with Gasteiger partial charge in [-0.25, -0.2) is 13.8 Å². The van der Waals surface area contributed by atoms with E-state index in [1.54, 1.807) is 24.3 Å². The number of aromatic nitrogens is 2. The van der Waals surface area contributed by atoms with Gasteiger partial charge in [0.1, 0.15) is 29.3 Å². The molecule has 0 aliphatic carbocycles. The molecule has 1 saturated heterocycles. The zero-order valence-corrected chi connectivity index (χ0v) is 20.0. The predicted molar refractivity (Wildman–Crippen MR) is 129 cm³/mol. The average molecular weight is 498 g/mol. The summed E-state index contributed by atoms with van der Waals surface area (Å²) < 4.78 is 34.1. The second-order valence-electron chi connectivity index (χ2n) is 8.94. The SMILES string of the molecule is CCCc1c(C(=O)NCc2ccc(F)cc2)nc(-c2ccc(F)cc2)n1CC[C@@H]1C[C@@H](O)CC(=O)O1. The van der Waals surface area contributed by atoms with Crippen molar-refractivity contribution >= 4 is 11.9 Å². The van der Waals surface area contributed by atoms with E-state index >= 15 is 0 Å². The molecule has 0 spiro atoms. The lowest BCUT2D eigenvalue weighted by molar-refractivity contribution is -0.160. The fraction of sp³-hybridized carbons (Fsp3) is 0.370. The van der Waals surface area contributed by atoms with Gasteiger partial charge in [0.05, 0.1) is 18.2 Å². The molecule has 7 nitrogen and oxygen atoms in total. The number of nitrogens with one attached hydrogen (secondary N) is 1. The number of amides is 1. The molecule has 1 amide bonds. The molecule has 2 aromatic carbocycles. The lowest BCUT2D eigenvalue weighted by Gasteiger charge is -2.26. The maximum Gasteiger partial charge on any atom is 0.308 e. The Labute approximate surface area is 208 Å². The number of aliphatic hydroxyl groups excluding tert-OH is 1. The van der Waals surface area contributed by atoms with E-state index in [-0.39, 0.29) is 36.2 Å². The zero-order chi connectivity index (χ0) is 25.7. The highest BCUT2D eigenvalue weighted by Gasteiger charge is 2.28. The van der Waals surface area contributed by atoms with Crippen molar-refractivity contribution in [1.29, 1.82) is 0 Å². The van der Waals surface area contributed by atoms with E-state index in [0.29, 0.717) is 37.2 Å². The molecule has 2 N–H and O–H groups in total. The highest BCUT2D eigenvalue weighted by molar-refractivity contribution is 5.94. The van der Waals surface area contributed by atoms with E-state index in [2.05, 4.69) is 10.3 Å². The Bertz CT molecular complexity index is 1210. The highest BCUT2D eigenvalue weighted by atomic mass is 19.1. The maximum atomic E-state index is 13.6. The van der Waals surface area contributed by atoms with Gasteiger partial charge in [-0.05, 0) is 48.4 Å². The molecule has 190 valence electrons. The first-order valence-electron chi connectivity index (χ1n) is 12.1. The molecule has 0 bridgehead atoms. The van der Waals surface area contributed by atoms with Gasteiger partial charge < -0.3 is 19.7 Å². The first-order valence-corrected chi connectivity index (χ1v) is 12.1. The summed E-state index contributed by atoms with van der Waals surface area (Å²) in [5.74, 6) is -1.03. The number of hydrogen-bond acceptors (Lipinski definition) is 5. The second kappa shape index (κ2) is 11.4. The van der Waals surface area contributed by atoms with Crippen LogP contribution in [0.3, 0.4) is 0 Å². The topological polar surface area (TPSA) is 93.5 Å². The fourth-order valence-corrected chi connectivity index (χ4v) is 4.40. The summed E-state index contributed by atoms with van der Waals surface area (Å²) in [6.45, 7) is 2.60. The van der Waals surface area contributed by atoms with E-state index < -0.39 is 18.2 Å². The lowest BCUT2D eigenvalue weighted by Crippen LogP contribution is -2.33. The van der Waals surface area contributed by atoms with Crippen LogP contribution < -0.4 is 5.32 Å². The van der Waals surface area contributed by atoms with Crippen LogP contribution in [0.4, 0.5) is 8.78 Å². The van der Waals surface area contributed by atoms with Crippen LogP contribution in [0.1, 0.15) is 54.4 Å². The third-order valence-electron chi connectivity index (χ3n) is 6.15. The Morgan fingerprint density at radius 2 is 1.81 bits per heavy atom. The Morgan fingerprint density at radius 1 is 1.14 bits per heavy atom. The molecule has 9 heteroatoms. The van der Waals surface area contributed by atoms with Gasteiger partial charge in [0.25, 0.3) is 5.91 Å². The van der Waals surface area contributed by atoms with Crippen molar-refractivity contribution in [3.05, 3.63) is 77.1 Å². The van der Waals surface area contributed by atoms with E-state index in [1.165, 1.54) is 24.3 Å². The van der Waals surface area contributed by atoms with Gasteiger partial charge in [0.2, 0.25) is 0 Å². The average Bonchev–Trinajstić information content (AvgIpc) is 3.20. The standard InChI is InChI=1S/C27H29F2N3O4/c1-2-3-23-25(27(35)30-16-17-4-8-19(28)9-5-17)31-26(18-6-10-20(29)11-7-18)32(23)13-12-22-14-21(33)15-24(34)36-22/h4-11,21-22,33H,2-3,12-16H2,1H3,(H,30,35)/t21-,22-/m1/s1. The van der Waals surface area contributed by atoms with Crippen LogP contribution in [0.2, 0.25) is 0 Å². The van der Waals surface area contributed by atoms with Crippen LogP contribution in [-0.2, 0) is 29.0 Å². The van der Waals surface area contributed by atoms with Gasteiger partial charge in [0, 0.05) is 31.5 Å². The van der Waals surface area contributed by atoms with Gasteiger partial charge in [0.15, 0.2) is 0 Å². The first-order chi connectivity index (χ1) is 17.3. The minimum absolute atomic E-state index is 0.0120. The fourth-order valence-electron chi connectivity index (χ4n) is 4.40. The minimum atomic E-state index is -0.737. The molecule has 1 fully saturated rings. The summed E-state index contributed by atoms with van der Waals surface area (Å²) in [5, 5.41) is 12.8. The van der Waals surface area contributed by atoms with Crippen molar-refractivity contribution in [2.75, 3.05) is 0 Å². The van der Waals surface area contributed by atoms with Crippen LogP contribution in [0.5, 0.6) is 0 Å². The molecule has 2 heterocycles. The molecule has 1 aromatic heterocycles. The Kier molecular flexibility index (Phi) is 8.10. The van der Waals surface area contributed by atoms with Crippen molar-refractivity contribution in [2.45, 2.75) is 64.3 Å². The predicted octanol–water partition coefficient (Wildman–Crippen LogP) is 4.17. The van der Waals surface area contributed by atoms with Crippen LogP contribution in [-0.4, -0.2) is 38.7 Å². The number of benzene rings is 2. The number of carbonyl (C=O) groups is 2. The van der Waals surface area contributed by atoms with Crippen molar-refractivity contribution in [3.63, 3.8) is 0 Å². The molecule has 0 radical (unpaired) electrons. The first kappa shape index (κ1) is 25.5. The molecule has 0 saturated carbocycles. The van der Waals surface area contributed by atoms with Crippen molar-refractivity contribution in [2.24, 2.45) is 0 Å². The number of nitrogens with zero attached hydrogens (tertiary/aromatic N) is 2. The maximum absolute atomic E-state index is 13.6. The number of aliphatic hydroxyl groups is 1. The number of imidazole rings is 1. The molecule has 2 atom stereocenters. The number of esters is 1. The minimum Gasteiger partial charge on any atom is -0.462 e. The van der Waals surface area contributed by atoms with Crippen molar-refractivity contribution in [3.8, 4) is 11.4 Å². The molecule has 0 unspecified atom stereocenters. The molecule has 1 aliphatic rings. The van der Waals surface area contributed by atoms with Crippen LogP contribution in [0, 0.1) is 11.6 Å². The molecular formula is C27H29F2N3O4.